The average molecular weight is 364 g/mol. The highest BCUT2D eigenvalue weighted by Gasteiger charge is 2.23. The molecule has 0 aliphatic rings. The van der Waals surface area contributed by atoms with Crippen molar-refractivity contribution >= 4 is 17.4 Å². The van der Waals surface area contributed by atoms with Gasteiger partial charge >= 0.3 is 5.97 Å². The van der Waals surface area contributed by atoms with Gasteiger partial charge in [0.2, 0.25) is 5.82 Å². The zero-order chi connectivity index (χ0) is 19.2. The van der Waals surface area contributed by atoms with Crippen LogP contribution in [0.5, 0.6) is 5.88 Å². The van der Waals surface area contributed by atoms with Crippen LogP contribution >= 0.6 is 0 Å². The molecule has 27 heavy (non-hydrogen) atoms. The Hall–Kier alpha value is -3.54. The maximum absolute atomic E-state index is 14.7. The Bertz CT molecular complexity index is 932. The fourth-order valence-corrected chi connectivity index (χ4v) is 2.59. The Morgan fingerprint density at radius 1 is 0.963 bits per heavy atom. The van der Waals surface area contributed by atoms with Gasteiger partial charge in [-0.3, -0.25) is 0 Å². The number of ether oxygens (including phenoxy) is 2. The minimum atomic E-state index is -0.911. The number of methoxy groups -OCH3 is 2. The third-order valence-electron chi connectivity index (χ3n) is 3.88. The molecular formula is C21H17FN2O3. The largest absolute Gasteiger partial charge is 0.479 e. The Morgan fingerprint density at radius 3 is 2.00 bits per heavy atom. The van der Waals surface area contributed by atoms with Crippen molar-refractivity contribution in [2.75, 3.05) is 14.2 Å². The maximum Gasteiger partial charge on any atom is 0.343 e. The fraction of sp³-hybridized carbons (Fsp3) is 0.0952. The summed E-state index contributed by atoms with van der Waals surface area (Å²) in [7, 11) is 2.45. The Balaban J connectivity index is 2.25. The lowest BCUT2D eigenvalue weighted by Gasteiger charge is -2.11. The van der Waals surface area contributed by atoms with Gasteiger partial charge in [-0.05, 0) is 0 Å². The first-order chi connectivity index (χ1) is 13.2. The van der Waals surface area contributed by atoms with Gasteiger partial charge in [0, 0.05) is 11.1 Å². The Morgan fingerprint density at radius 2 is 1.52 bits per heavy atom. The molecule has 136 valence electrons. The molecule has 3 aromatic rings. The molecule has 3 rings (SSSR count). The predicted molar refractivity (Wildman–Crippen MR) is 100 cm³/mol. The second-order valence-electron chi connectivity index (χ2n) is 5.53. The number of hydrogen-bond donors (Lipinski definition) is 0. The highest BCUT2D eigenvalue weighted by molar-refractivity contribution is 6.14. The summed E-state index contributed by atoms with van der Waals surface area (Å²) >= 11 is 0. The second-order valence-corrected chi connectivity index (χ2v) is 5.53. The molecule has 2 aromatic carbocycles. The molecule has 0 atom stereocenters. The number of carbonyl (C=O) groups excluding carboxylic acids is 1. The van der Waals surface area contributed by atoms with Crippen LogP contribution in [0.3, 0.4) is 0 Å². The molecule has 6 heteroatoms. The van der Waals surface area contributed by atoms with Crippen LogP contribution in [0.4, 0.5) is 10.1 Å². The first-order valence-corrected chi connectivity index (χ1v) is 8.16. The van der Waals surface area contributed by atoms with Crippen molar-refractivity contribution in [3.8, 4) is 5.88 Å². The first kappa shape index (κ1) is 18.3. The molecular weight excluding hydrogens is 347 g/mol. The van der Waals surface area contributed by atoms with E-state index < -0.39 is 11.8 Å². The molecule has 0 aliphatic carbocycles. The highest BCUT2D eigenvalue weighted by atomic mass is 19.1. The summed E-state index contributed by atoms with van der Waals surface area (Å²) in [5, 5.41) is 0. The van der Waals surface area contributed by atoms with Gasteiger partial charge in [-0.25, -0.2) is 14.8 Å². The van der Waals surface area contributed by atoms with Crippen molar-refractivity contribution in [3.05, 3.63) is 89.4 Å². The highest BCUT2D eigenvalue weighted by Crippen LogP contribution is 2.29. The van der Waals surface area contributed by atoms with Gasteiger partial charge in [-0.1, -0.05) is 60.7 Å². The smallest absolute Gasteiger partial charge is 0.343 e. The molecule has 0 unspecified atom stereocenters. The molecule has 1 heterocycles. The van der Waals surface area contributed by atoms with Crippen molar-refractivity contribution in [2.24, 2.45) is 4.99 Å². The van der Waals surface area contributed by atoms with Gasteiger partial charge in [0.15, 0.2) is 0 Å². The summed E-state index contributed by atoms with van der Waals surface area (Å²) in [4.78, 5) is 20.6. The van der Waals surface area contributed by atoms with Crippen LogP contribution in [0.2, 0.25) is 0 Å². The van der Waals surface area contributed by atoms with Crippen LogP contribution in [0, 0.1) is 5.82 Å². The average Bonchev–Trinajstić information content (AvgIpc) is 2.73. The summed E-state index contributed by atoms with van der Waals surface area (Å²) in [6.45, 7) is 0. The van der Waals surface area contributed by atoms with Crippen LogP contribution in [0.25, 0.3) is 0 Å². The molecule has 5 nitrogen and oxygen atoms in total. The van der Waals surface area contributed by atoms with E-state index in [1.54, 1.807) is 0 Å². The van der Waals surface area contributed by atoms with E-state index in [-0.39, 0.29) is 17.1 Å². The van der Waals surface area contributed by atoms with Crippen molar-refractivity contribution in [1.29, 1.82) is 0 Å². The minimum absolute atomic E-state index is 0.0582. The standard InChI is InChI=1S/C21H17FN2O3/c1-26-20-18(22)17(21(25)27-2)16(13-23-20)24-19(14-9-5-3-6-10-14)15-11-7-4-8-12-15/h3-13H,1-2H3. The van der Waals surface area contributed by atoms with E-state index in [2.05, 4.69) is 9.98 Å². The molecule has 0 aliphatic heterocycles. The summed E-state index contributed by atoms with van der Waals surface area (Å²) in [5.74, 6) is -2.06. The number of rotatable bonds is 5. The molecule has 0 fully saturated rings. The third kappa shape index (κ3) is 3.84. The van der Waals surface area contributed by atoms with E-state index in [9.17, 15) is 9.18 Å². The van der Waals surface area contributed by atoms with Crippen LogP contribution in [-0.2, 0) is 4.74 Å². The van der Waals surface area contributed by atoms with Crippen molar-refractivity contribution in [2.45, 2.75) is 0 Å². The van der Waals surface area contributed by atoms with Crippen LogP contribution in [0.15, 0.2) is 71.9 Å². The fourth-order valence-electron chi connectivity index (χ4n) is 2.59. The monoisotopic (exact) mass is 364 g/mol. The number of nitrogens with zero attached hydrogens (tertiary/aromatic N) is 2. The van der Waals surface area contributed by atoms with Crippen molar-refractivity contribution < 1.29 is 18.7 Å². The third-order valence-corrected chi connectivity index (χ3v) is 3.88. The molecule has 0 radical (unpaired) electrons. The molecule has 0 spiro atoms. The molecule has 0 amide bonds. The lowest BCUT2D eigenvalue weighted by atomic mass is 10.0. The zero-order valence-electron chi connectivity index (χ0n) is 14.8. The number of carbonyl (C=O) groups is 1. The van der Waals surface area contributed by atoms with E-state index >= 15 is 0 Å². The summed E-state index contributed by atoms with van der Waals surface area (Å²) in [6, 6.07) is 18.8. The molecule has 0 saturated carbocycles. The van der Waals surface area contributed by atoms with E-state index in [0.29, 0.717) is 5.71 Å². The predicted octanol–water partition coefficient (Wildman–Crippen LogP) is 4.19. The van der Waals surface area contributed by atoms with Crippen molar-refractivity contribution in [3.63, 3.8) is 0 Å². The Kier molecular flexibility index (Phi) is 5.56. The van der Waals surface area contributed by atoms with Crippen molar-refractivity contribution in [1.82, 2.24) is 4.98 Å². The number of halogens is 1. The summed E-state index contributed by atoms with van der Waals surface area (Å²) in [6.07, 6.45) is 1.29. The topological polar surface area (TPSA) is 60.8 Å². The zero-order valence-corrected chi connectivity index (χ0v) is 14.8. The second kappa shape index (κ2) is 8.23. The molecule has 0 N–H and O–H groups in total. The number of pyridine rings is 1. The maximum atomic E-state index is 14.7. The first-order valence-electron chi connectivity index (χ1n) is 8.16. The molecule has 0 saturated heterocycles. The van der Waals surface area contributed by atoms with Crippen LogP contribution in [0.1, 0.15) is 21.5 Å². The van der Waals surface area contributed by atoms with Gasteiger partial charge in [0.05, 0.1) is 31.8 Å². The van der Waals surface area contributed by atoms with E-state index in [1.807, 2.05) is 60.7 Å². The molecule has 1 aromatic heterocycles. The molecule has 0 bridgehead atoms. The van der Waals surface area contributed by atoms with Gasteiger partial charge in [-0.2, -0.15) is 4.39 Å². The van der Waals surface area contributed by atoms with Gasteiger partial charge in [0.25, 0.3) is 5.88 Å². The van der Waals surface area contributed by atoms with Gasteiger partial charge in [-0.15, -0.1) is 0 Å². The van der Waals surface area contributed by atoms with Crippen LogP contribution in [-0.4, -0.2) is 30.9 Å². The van der Waals surface area contributed by atoms with E-state index in [1.165, 1.54) is 20.4 Å². The number of aromatic nitrogens is 1. The summed E-state index contributed by atoms with van der Waals surface area (Å²) in [5.41, 5.74) is 1.94. The lowest BCUT2D eigenvalue weighted by Crippen LogP contribution is -2.09. The summed E-state index contributed by atoms with van der Waals surface area (Å²) < 4.78 is 24.3. The van der Waals surface area contributed by atoms with Gasteiger partial charge < -0.3 is 9.47 Å². The SMILES string of the molecule is COC(=O)c1c(N=C(c2ccccc2)c2ccccc2)cnc(OC)c1F. The normalized spacial score (nSPS) is 10.2. The van der Waals surface area contributed by atoms with E-state index in [0.717, 1.165) is 11.1 Å². The van der Waals surface area contributed by atoms with E-state index in [4.69, 9.17) is 9.47 Å². The number of aliphatic imine (C=N–C) groups is 1. The Labute approximate surface area is 156 Å². The van der Waals surface area contributed by atoms with Gasteiger partial charge in [0.1, 0.15) is 5.56 Å². The number of hydrogen-bond acceptors (Lipinski definition) is 5. The quantitative estimate of drug-likeness (QED) is 0.503. The van der Waals surface area contributed by atoms with Crippen LogP contribution < -0.4 is 4.74 Å². The lowest BCUT2D eigenvalue weighted by molar-refractivity contribution is 0.0595. The number of esters is 1. The minimum Gasteiger partial charge on any atom is -0.479 e. The number of benzene rings is 2.